The molecule has 0 aliphatic rings. The summed E-state index contributed by atoms with van der Waals surface area (Å²) in [6.45, 7) is 7.73. The van der Waals surface area contributed by atoms with E-state index in [0.717, 1.165) is 22.3 Å². The van der Waals surface area contributed by atoms with Crippen LogP contribution in [0.2, 0.25) is 5.02 Å². The average molecular weight is 493 g/mol. The third kappa shape index (κ3) is 7.59. The van der Waals surface area contributed by atoms with Crippen molar-refractivity contribution in [3.63, 3.8) is 0 Å². The fraction of sp³-hybridized carbons (Fsp3) is 0.310. The zero-order chi connectivity index (χ0) is 25.4. The summed E-state index contributed by atoms with van der Waals surface area (Å²) in [5.74, 6) is 0.156. The van der Waals surface area contributed by atoms with Gasteiger partial charge in [0, 0.05) is 24.0 Å². The normalized spacial score (nSPS) is 11.7. The summed E-state index contributed by atoms with van der Waals surface area (Å²) in [4.78, 5) is 28.6. The lowest BCUT2D eigenvalue weighted by molar-refractivity contribution is -0.143. The Morgan fingerprint density at radius 2 is 1.66 bits per heavy atom. The Labute approximate surface area is 213 Å². The number of halogens is 1. The summed E-state index contributed by atoms with van der Waals surface area (Å²) >= 11 is 6.44. The molecular formula is C29H33ClN2O3. The summed E-state index contributed by atoms with van der Waals surface area (Å²) in [5.41, 5.74) is 3.72. The van der Waals surface area contributed by atoms with Gasteiger partial charge in [0.15, 0.2) is 6.61 Å². The maximum absolute atomic E-state index is 13.6. The monoisotopic (exact) mass is 492 g/mol. The number of carbonyl (C=O) groups excluding carboxylic acids is 2. The van der Waals surface area contributed by atoms with Gasteiger partial charge in [0.25, 0.3) is 5.91 Å². The van der Waals surface area contributed by atoms with Gasteiger partial charge in [-0.05, 0) is 62.1 Å². The number of nitrogens with zero attached hydrogens (tertiary/aromatic N) is 1. The second-order valence-corrected chi connectivity index (χ2v) is 9.45. The van der Waals surface area contributed by atoms with E-state index in [1.165, 1.54) is 0 Å². The molecule has 6 heteroatoms. The van der Waals surface area contributed by atoms with Gasteiger partial charge in [0.1, 0.15) is 11.8 Å². The van der Waals surface area contributed by atoms with Crippen LogP contribution in [-0.4, -0.2) is 35.4 Å². The smallest absolute Gasteiger partial charge is 0.261 e. The molecule has 0 heterocycles. The van der Waals surface area contributed by atoms with Crippen LogP contribution in [0.4, 0.5) is 0 Å². The first-order valence-corrected chi connectivity index (χ1v) is 12.2. The van der Waals surface area contributed by atoms with Gasteiger partial charge in [-0.15, -0.1) is 0 Å². The largest absolute Gasteiger partial charge is 0.483 e. The summed E-state index contributed by atoms with van der Waals surface area (Å²) in [6.07, 6.45) is 0.374. The first-order chi connectivity index (χ1) is 16.7. The molecule has 0 aromatic heterocycles. The Morgan fingerprint density at radius 3 is 2.34 bits per heavy atom. The first-order valence-electron chi connectivity index (χ1n) is 11.8. The van der Waals surface area contributed by atoms with E-state index in [1.807, 2.05) is 94.4 Å². The second kappa shape index (κ2) is 12.4. The SMILES string of the molecule is Cc1ccc(C)c(OCC(=O)N(Cc2ccccc2Cl)C(Cc2ccccc2)C(=O)NC(C)C)c1. The van der Waals surface area contributed by atoms with Crippen LogP contribution in [0.5, 0.6) is 5.75 Å². The van der Waals surface area contributed by atoms with E-state index < -0.39 is 6.04 Å². The topological polar surface area (TPSA) is 58.6 Å². The van der Waals surface area contributed by atoms with Crippen LogP contribution >= 0.6 is 11.6 Å². The van der Waals surface area contributed by atoms with E-state index in [-0.39, 0.29) is 31.0 Å². The molecule has 3 aromatic carbocycles. The fourth-order valence-electron chi connectivity index (χ4n) is 3.83. The molecule has 0 aliphatic carbocycles. The molecule has 0 spiro atoms. The highest BCUT2D eigenvalue weighted by Gasteiger charge is 2.31. The van der Waals surface area contributed by atoms with Crippen LogP contribution in [0.25, 0.3) is 0 Å². The number of hydrogen-bond donors (Lipinski definition) is 1. The van der Waals surface area contributed by atoms with Gasteiger partial charge in [0.2, 0.25) is 5.91 Å². The standard InChI is InChI=1S/C29H33ClN2O3/c1-20(2)31-29(34)26(17-23-10-6-5-7-11-23)32(18-24-12-8-9-13-25(24)30)28(33)19-35-27-16-21(3)14-15-22(27)4/h5-16,20,26H,17-19H2,1-4H3,(H,31,34). The van der Waals surface area contributed by atoms with Crippen molar-refractivity contribution < 1.29 is 14.3 Å². The highest BCUT2D eigenvalue weighted by molar-refractivity contribution is 6.31. The number of carbonyl (C=O) groups is 2. The lowest BCUT2D eigenvalue weighted by Crippen LogP contribution is -2.52. The van der Waals surface area contributed by atoms with Crippen molar-refractivity contribution in [1.29, 1.82) is 0 Å². The van der Waals surface area contributed by atoms with Crippen molar-refractivity contribution in [3.8, 4) is 5.75 Å². The summed E-state index contributed by atoms with van der Waals surface area (Å²) in [5, 5.41) is 3.53. The van der Waals surface area contributed by atoms with Crippen molar-refractivity contribution >= 4 is 23.4 Å². The Bertz CT molecular complexity index is 1150. The van der Waals surface area contributed by atoms with E-state index in [0.29, 0.717) is 17.2 Å². The molecular weight excluding hydrogens is 460 g/mol. The zero-order valence-electron chi connectivity index (χ0n) is 20.8. The van der Waals surface area contributed by atoms with Crippen LogP contribution in [-0.2, 0) is 22.6 Å². The highest BCUT2D eigenvalue weighted by Crippen LogP contribution is 2.22. The number of aryl methyl sites for hydroxylation is 2. The van der Waals surface area contributed by atoms with Crippen LogP contribution in [0.3, 0.4) is 0 Å². The molecule has 1 atom stereocenters. The molecule has 0 saturated carbocycles. The lowest BCUT2D eigenvalue weighted by Gasteiger charge is -2.32. The predicted molar refractivity (Wildman–Crippen MR) is 141 cm³/mol. The minimum Gasteiger partial charge on any atom is -0.483 e. The number of ether oxygens (including phenoxy) is 1. The molecule has 0 radical (unpaired) electrons. The molecule has 0 saturated heterocycles. The van der Waals surface area contributed by atoms with E-state index >= 15 is 0 Å². The number of nitrogens with one attached hydrogen (secondary N) is 1. The molecule has 0 bridgehead atoms. The van der Waals surface area contributed by atoms with Crippen molar-refractivity contribution in [2.75, 3.05) is 6.61 Å². The molecule has 35 heavy (non-hydrogen) atoms. The third-order valence-electron chi connectivity index (χ3n) is 5.70. The molecule has 3 aromatic rings. The maximum atomic E-state index is 13.6. The molecule has 2 amide bonds. The maximum Gasteiger partial charge on any atom is 0.261 e. The molecule has 0 aliphatic heterocycles. The van der Waals surface area contributed by atoms with Crippen LogP contribution in [0.15, 0.2) is 72.8 Å². The van der Waals surface area contributed by atoms with Crippen molar-refractivity contribution in [2.45, 2.75) is 52.7 Å². The van der Waals surface area contributed by atoms with E-state index in [1.54, 1.807) is 11.0 Å². The molecule has 1 unspecified atom stereocenters. The van der Waals surface area contributed by atoms with Gasteiger partial charge < -0.3 is 15.0 Å². The summed E-state index contributed by atoms with van der Waals surface area (Å²) in [7, 11) is 0. The third-order valence-corrected chi connectivity index (χ3v) is 6.06. The summed E-state index contributed by atoms with van der Waals surface area (Å²) in [6, 6.07) is 22.1. The molecule has 0 fully saturated rings. The Balaban J connectivity index is 1.94. The Kier molecular flexibility index (Phi) is 9.32. The number of rotatable bonds is 10. The fourth-order valence-corrected chi connectivity index (χ4v) is 4.03. The van der Waals surface area contributed by atoms with Gasteiger partial charge in [0.05, 0.1) is 0 Å². The molecule has 1 N–H and O–H groups in total. The second-order valence-electron chi connectivity index (χ2n) is 9.04. The average Bonchev–Trinajstić information content (AvgIpc) is 2.83. The molecule has 3 rings (SSSR count). The van der Waals surface area contributed by atoms with Crippen LogP contribution < -0.4 is 10.1 Å². The molecule has 184 valence electrons. The van der Waals surface area contributed by atoms with Gasteiger partial charge in [-0.25, -0.2) is 0 Å². The van der Waals surface area contributed by atoms with Crippen molar-refractivity contribution in [2.24, 2.45) is 0 Å². The quantitative estimate of drug-likeness (QED) is 0.406. The summed E-state index contributed by atoms with van der Waals surface area (Å²) < 4.78 is 5.93. The van der Waals surface area contributed by atoms with E-state index in [9.17, 15) is 9.59 Å². The van der Waals surface area contributed by atoms with Crippen LogP contribution in [0.1, 0.15) is 36.1 Å². The number of hydrogen-bond acceptors (Lipinski definition) is 3. The Hall–Kier alpha value is -3.31. The predicted octanol–water partition coefficient (Wildman–Crippen LogP) is 5.50. The first kappa shape index (κ1) is 26.3. The number of amides is 2. The minimum absolute atomic E-state index is 0.0655. The Morgan fingerprint density at radius 1 is 0.971 bits per heavy atom. The lowest BCUT2D eigenvalue weighted by atomic mass is 10.0. The van der Waals surface area contributed by atoms with Crippen molar-refractivity contribution in [3.05, 3.63) is 100 Å². The minimum atomic E-state index is -0.731. The van der Waals surface area contributed by atoms with E-state index in [2.05, 4.69) is 5.32 Å². The van der Waals surface area contributed by atoms with E-state index in [4.69, 9.17) is 16.3 Å². The van der Waals surface area contributed by atoms with Gasteiger partial charge in [-0.3, -0.25) is 9.59 Å². The number of benzene rings is 3. The van der Waals surface area contributed by atoms with Gasteiger partial charge in [-0.1, -0.05) is 72.3 Å². The highest BCUT2D eigenvalue weighted by atomic mass is 35.5. The molecule has 5 nitrogen and oxygen atoms in total. The van der Waals surface area contributed by atoms with Crippen LogP contribution in [0, 0.1) is 13.8 Å². The van der Waals surface area contributed by atoms with Crippen molar-refractivity contribution in [1.82, 2.24) is 10.2 Å². The van der Waals surface area contributed by atoms with Gasteiger partial charge >= 0.3 is 0 Å². The van der Waals surface area contributed by atoms with Gasteiger partial charge in [-0.2, -0.15) is 0 Å². The zero-order valence-corrected chi connectivity index (χ0v) is 21.5.